The molecule has 0 amide bonds. The van der Waals surface area contributed by atoms with E-state index < -0.39 is 0 Å². The van der Waals surface area contributed by atoms with Gasteiger partial charge in [-0.1, -0.05) is 24.7 Å². The van der Waals surface area contributed by atoms with Gasteiger partial charge in [-0.25, -0.2) is 4.98 Å². The van der Waals surface area contributed by atoms with Crippen molar-refractivity contribution >= 4 is 22.4 Å². The first kappa shape index (κ1) is 15.5. The van der Waals surface area contributed by atoms with Gasteiger partial charge in [-0.15, -0.1) is 0 Å². The molecule has 0 unspecified atom stereocenters. The molecule has 6 nitrogen and oxygen atoms in total. The van der Waals surface area contributed by atoms with Crippen LogP contribution in [0.25, 0.3) is 21.6 Å². The van der Waals surface area contributed by atoms with Crippen molar-refractivity contribution in [2.75, 3.05) is 0 Å². The van der Waals surface area contributed by atoms with E-state index in [4.69, 9.17) is 0 Å². The summed E-state index contributed by atoms with van der Waals surface area (Å²) in [6.07, 6.45) is 1.64. The molecule has 0 fully saturated rings. The third-order valence-corrected chi connectivity index (χ3v) is 4.60. The van der Waals surface area contributed by atoms with Gasteiger partial charge in [0.05, 0.1) is 11.3 Å². The lowest BCUT2D eigenvalue weighted by molar-refractivity contribution is 0.449. The van der Waals surface area contributed by atoms with E-state index in [1.54, 1.807) is 24.7 Å². The van der Waals surface area contributed by atoms with Crippen LogP contribution in [0.5, 0.6) is 11.5 Å². The third-order valence-electron chi connectivity index (χ3n) is 3.72. The molecular weight excluding hydrogens is 314 g/mol. The lowest BCUT2D eigenvalue weighted by atomic mass is 10.1. The Kier molecular flexibility index (Phi) is 3.81. The Labute approximate surface area is 136 Å². The van der Waals surface area contributed by atoms with Gasteiger partial charge in [-0.05, 0) is 25.0 Å². The van der Waals surface area contributed by atoms with Crippen LogP contribution in [0.15, 0.2) is 16.9 Å². The van der Waals surface area contributed by atoms with Crippen LogP contribution >= 0.6 is 11.3 Å². The number of benzene rings is 1. The molecule has 0 aliphatic rings. The number of aromatic hydroxyl groups is 2. The molecule has 120 valence electrons. The Morgan fingerprint density at radius 2 is 2.00 bits per heavy atom. The van der Waals surface area contributed by atoms with Crippen LogP contribution in [-0.4, -0.2) is 25.0 Å². The molecule has 0 spiro atoms. The molecule has 2 N–H and O–H groups in total. The average Bonchev–Trinajstić information content (AvgIpc) is 2.80. The molecule has 0 atom stereocenters. The molecule has 1 aromatic carbocycles. The smallest absolute Gasteiger partial charge is 0.261 e. The standard InChI is InChI=1S/C16H17N3O3S/c1-4-5-10-13-14(19(3)18-10)16(22)23-15(17-13)9-6-8(2)11(20)7-12(9)21/h6-7,20-21H,4-5H2,1-3H3. The summed E-state index contributed by atoms with van der Waals surface area (Å²) in [4.78, 5) is 17.0. The second-order valence-electron chi connectivity index (χ2n) is 5.48. The van der Waals surface area contributed by atoms with Crippen molar-refractivity contribution in [3.05, 3.63) is 32.9 Å². The van der Waals surface area contributed by atoms with E-state index in [2.05, 4.69) is 10.1 Å². The minimum absolute atomic E-state index is 0.00715. The van der Waals surface area contributed by atoms with E-state index in [0.29, 0.717) is 27.2 Å². The van der Waals surface area contributed by atoms with Crippen molar-refractivity contribution < 1.29 is 10.2 Å². The van der Waals surface area contributed by atoms with E-state index in [1.165, 1.54) is 6.07 Å². The summed E-state index contributed by atoms with van der Waals surface area (Å²) in [5.74, 6) is -0.0933. The fourth-order valence-corrected chi connectivity index (χ4v) is 3.46. The van der Waals surface area contributed by atoms with Crippen molar-refractivity contribution in [3.8, 4) is 22.1 Å². The van der Waals surface area contributed by atoms with Gasteiger partial charge in [0.2, 0.25) is 0 Å². The maximum absolute atomic E-state index is 12.5. The van der Waals surface area contributed by atoms with E-state index in [0.717, 1.165) is 29.9 Å². The maximum Gasteiger partial charge on any atom is 0.261 e. The molecule has 0 aliphatic heterocycles. The Morgan fingerprint density at radius 3 is 2.70 bits per heavy atom. The predicted octanol–water partition coefficient (Wildman–Crippen LogP) is 2.73. The SMILES string of the molecule is CCCc1nn(C)c2c(=O)sc(-c3cc(C)c(O)cc3O)nc12. The molecule has 0 bridgehead atoms. The molecule has 0 radical (unpaired) electrons. The summed E-state index contributed by atoms with van der Waals surface area (Å²) in [6, 6.07) is 2.90. The molecule has 7 heteroatoms. The molecular formula is C16H17N3O3S. The zero-order valence-electron chi connectivity index (χ0n) is 13.1. The van der Waals surface area contributed by atoms with Gasteiger partial charge >= 0.3 is 0 Å². The molecule has 0 saturated heterocycles. The normalized spacial score (nSPS) is 11.3. The van der Waals surface area contributed by atoms with Gasteiger partial charge in [-0.2, -0.15) is 5.10 Å². The van der Waals surface area contributed by atoms with Crippen molar-refractivity contribution in [1.82, 2.24) is 14.8 Å². The Hall–Kier alpha value is -2.41. The van der Waals surface area contributed by atoms with Crippen molar-refractivity contribution in [1.29, 1.82) is 0 Å². The molecule has 2 heterocycles. The third kappa shape index (κ3) is 2.57. The molecule has 0 saturated carbocycles. The number of hydrogen-bond acceptors (Lipinski definition) is 6. The number of aryl methyl sites for hydroxylation is 3. The first-order valence-corrected chi connectivity index (χ1v) is 8.13. The summed E-state index contributed by atoms with van der Waals surface area (Å²) in [7, 11) is 1.74. The first-order chi connectivity index (χ1) is 10.9. The lowest BCUT2D eigenvalue weighted by Crippen LogP contribution is -2.03. The topological polar surface area (TPSA) is 88.2 Å². The minimum atomic E-state index is -0.146. The number of fused-ring (bicyclic) bond motifs is 1. The Balaban J connectivity index is 2.30. The number of phenols is 2. The fraction of sp³-hybridized carbons (Fsp3) is 0.312. The van der Waals surface area contributed by atoms with Gasteiger partial charge in [0, 0.05) is 13.1 Å². The van der Waals surface area contributed by atoms with Crippen LogP contribution in [0.1, 0.15) is 24.6 Å². The fourth-order valence-electron chi connectivity index (χ4n) is 2.55. The highest BCUT2D eigenvalue weighted by Crippen LogP contribution is 2.35. The summed E-state index contributed by atoms with van der Waals surface area (Å²) >= 11 is 0.965. The zero-order chi connectivity index (χ0) is 16.7. The molecule has 0 aliphatic carbocycles. The summed E-state index contributed by atoms with van der Waals surface area (Å²) < 4.78 is 1.42. The number of aromatic nitrogens is 3. The van der Waals surface area contributed by atoms with Gasteiger partial charge < -0.3 is 10.2 Å². The van der Waals surface area contributed by atoms with E-state index >= 15 is 0 Å². The Bertz CT molecular complexity index is 959. The molecule has 2 aromatic heterocycles. The van der Waals surface area contributed by atoms with Crippen LogP contribution in [0.3, 0.4) is 0 Å². The van der Waals surface area contributed by atoms with Gasteiger partial charge in [-0.3, -0.25) is 9.48 Å². The maximum atomic E-state index is 12.5. The molecule has 23 heavy (non-hydrogen) atoms. The van der Waals surface area contributed by atoms with Crippen molar-refractivity contribution in [2.24, 2.45) is 7.05 Å². The van der Waals surface area contributed by atoms with Gasteiger partial charge in [0.15, 0.2) is 0 Å². The van der Waals surface area contributed by atoms with Crippen LogP contribution in [0, 0.1) is 6.92 Å². The monoisotopic (exact) mass is 331 g/mol. The van der Waals surface area contributed by atoms with Crippen LogP contribution in [0.4, 0.5) is 0 Å². The van der Waals surface area contributed by atoms with E-state index in [9.17, 15) is 15.0 Å². The number of rotatable bonds is 3. The number of nitrogens with zero attached hydrogens (tertiary/aromatic N) is 3. The number of hydrogen-bond donors (Lipinski definition) is 2. The zero-order valence-corrected chi connectivity index (χ0v) is 13.9. The van der Waals surface area contributed by atoms with Gasteiger partial charge in [0.1, 0.15) is 27.5 Å². The second-order valence-corrected chi connectivity index (χ2v) is 6.44. The van der Waals surface area contributed by atoms with E-state index in [-0.39, 0.29) is 16.2 Å². The second kappa shape index (κ2) is 5.66. The van der Waals surface area contributed by atoms with E-state index in [1.807, 2.05) is 6.92 Å². The minimum Gasteiger partial charge on any atom is -0.508 e. The van der Waals surface area contributed by atoms with Gasteiger partial charge in [0.25, 0.3) is 4.74 Å². The molecule has 3 rings (SSSR count). The molecule has 3 aromatic rings. The van der Waals surface area contributed by atoms with Crippen LogP contribution < -0.4 is 4.74 Å². The van der Waals surface area contributed by atoms with Crippen LogP contribution in [-0.2, 0) is 13.5 Å². The largest absolute Gasteiger partial charge is 0.508 e. The first-order valence-electron chi connectivity index (χ1n) is 7.32. The lowest BCUT2D eigenvalue weighted by Gasteiger charge is -2.06. The quantitative estimate of drug-likeness (QED) is 0.770. The highest BCUT2D eigenvalue weighted by atomic mass is 32.1. The average molecular weight is 331 g/mol. The summed E-state index contributed by atoms with van der Waals surface area (Å²) in [6.45, 7) is 3.77. The highest BCUT2D eigenvalue weighted by Gasteiger charge is 2.18. The van der Waals surface area contributed by atoms with Crippen molar-refractivity contribution in [3.63, 3.8) is 0 Å². The Morgan fingerprint density at radius 1 is 1.26 bits per heavy atom. The highest BCUT2D eigenvalue weighted by molar-refractivity contribution is 7.13. The van der Waals surface area contributed by atoms with Crippen molar-refractivity contribution in [2.45, 2.75) is 26.7 Å². The van der Waals surface area contributed by atoms with Crippen LogP contribution in [0.2, 0.25) is 0 Å². The number of phenolic OH excluding ortho intramolecular Hbond substituents is 2. The summed E-state index contributed by atoms with van der Waals surface area (Å²) in [5.41, 5.74) is 2.90. The summed E-state index contributed by atoms with van der Waals surface area (Å²) in [5, 5.41) is 24.6. The predicted molar refractivity (Wildman–Crippen MR) is 90.2 cm³/mol.